The molecule has 24 heavy (non-hydrogen) atoms. The van der Waals surface area contributed by atoms with E-state index in [4.69, 9.17) is 17.7 Å². The third-order valence-corrected chi connectivity index (χ3v) is 16.8. The highest BCUT2D eigenvalue weighted by atomic mass is 29.3. The van der Waals surface area contributed by atoms with Gasteiger partial charge in [0.15, 0.2) is 0 Å². The lowest BCUT2D eigenvalue weighted by Gasteiger charge is -2.43. The van der Waals surface area contributed by atoms with Crippen LogP contribution < -0.4 is 0 Å². The van der Waals surface area contributed by atoms with Crippen molar-refractivity contribution in [2.24, 2.45) is 0 Å². The van der Waals surface area contributed by atoms with Crippen molar-refractivity contribution >= 4 is 16.2 Å². The first-order chi connectivity index (χ1) is 11.6. The van der Waals surface area contributed by atoms with E-state index in [-0.39, 0.29) is 0 Å². The fourth-order valence-electron chi connectivity index (χ4n) is 3.00. The highest BCUT2D eigenvalue weighted by Crippen LogP contribution is 2.34. The highest BCUT2D eigenvalue weighted by Gasteiger charge is 2.64. The Kier molecular flexibility index (Phi) is 14.6. The van der Waals surface area contributed by atoms with Crippen molar-refractivity contribution in [2.45, 2.75) is 92.2 Å². The van der Waals surface area contributed by atoms with Crippen LogP contribution in [0.5, 0.6) is 0 Å². The van der Waals surface area contributed by atoms with Gasteiger partial charge in [-0.15, -0.1) is 0 Å². The Morgan fingerprint density at radius 1 is 0.458 bits per heavy atom. The van der Waals surface area contributed by atoms with Gasteiger partial charge in [-0.1, -0.05) is 54.4 Å². The summed E-state index contributed by atoms with van der Waals surface area (Å²) in [5.41, 5.74) is 0. The van der Waals surface area contributed by atoms with E-state index in [1.165, 1.54) is 0 Å². The van der Waals surface area contributed by atoms with E-state index >= 15 is 0 Å². The predicted octanol–water partition coefficient (Wildman–Crippen LogP) is 5.48. The standard InChI is InChI=1S/C18H42O4Si2/c1-7-13-19-23(17-11-5,18-12-6)24(20-14-8-2,21-15-9-3)22-16-10-4/h7-18H2,1-6H3. The Balaban J connectivity index is 5.81. The lowest BCUT2D eigenvalue weighted by atomic mass is 10.5. The summed E-state index contributed by atoms with van der Waals surface area (Å²) in [5.74, 6) is 0. The van der Waals surface area contributed by atoms with Gasteiger partial charge in [0.25, 0.3) is 7.83 Å². The molecule has 0 aromatic rings. The molecule has 0 unspecified atom stereocenters. The van der Waals surface area contributed by atoms with Crippen LogP contribution in [0, 0.1) is 0 Å². The molecule has 0 aliphatic rings. The van der Waals surface area contributed by atoms with E-state index in [2.05, 4.69) is 41.5 Å². The maximum absolute atomic E-state index is 6.64. The molecule has 0 radical (unpaired) electrons. The minimum atomic E-state index is -2.80. The largest absolute Gasteiger partial charge is 0.503 e. The molecular formula is C18H42O4Si2. The summed E-state index contributed by atoms with van der Waals surface area (Å²) in [4.78, 5) is 0. The Bertz CT molecular complexity index is 262. The molecule has 0 spiro atoms. The molecule has 0 aliphatic heterocycles. The molecule has 0 bridgehead atoms. The van der Waals surface area contributed by atoms with Gasteiger partial charge in [0.1, 0.15) is 0 Å². The van der Waals surface area contributed by atoms with Crippen LogP contribution in [-0.2, 0) is 17.7 Å². The van der Waals surface area contributed by atoms with Crippen molar-refractivity contribution in [1.29, 1.82) is 0 Å². The molecule has 0 amide bonds. The molecule has 0 fully saturated rings. The van der Waals surface area contributed by atoms with Crippen LogP contribution in [0.2, 0.25) is 12.1 Å². The smallest absolute Gasteiger partial charge is 0.411 e. The molecule has 0 atom stereocenters. The zero-order chi connectivity index (χ0) is 18.3. The minimum Gasteiger partial charge on any atom is -0.411 e. The number of hydrogen-bond acceptors (Lipinski definition) is 4. The van der Waals surface area contributed by atoms with Gasteiger partial charge < -0.3 is 17.7 Å². The van der Waals surface area contributed by atoms with Gasteiger partial charge in [0, 0.05) is 26.4 Å². The first-order valence-electron chi connectivity index (χ1n) is 10.2. The van der Waals surface area contributed by atoms with Gasteiger partial charge in [-0.25, -0.2) is 0 Å². The van der Waals surface area contributed by atoms with Gasteiger partial charge >= 0.3 is 8.32 Å². The molecule has 0 heterocycles. The molecule has 6 heteroatoms. The van der Waals surface area contributed by atoms with Crippen molar-refractivity contribution < 1.29 is 17.7 Å². The maximum atomic E-state index is 6.64. The fourth-order valence-corrected chi connectivity index (χ4v) is 16.5. The highest BCUT2D eigenvalue weighted by molar-refractivity contribution is 7.32. The van der Waals surface area contributed by atoms with Crippen LogP contribution >= 0.6 is 0 Å². The molecule has 0 saturated carbocycles. The minimum absolute atomic E-state index is 0.706. The van der Waals surface area contributed by atoms with E-state index in [1.807, 2.05) is 0 Å². The lowest BCUT2D eigenvalue weighted by Crippen LogP contribution is -2.70. The van der Waals surface area contributed by atoms with Gasteiger partial charge in [-0.05, 0) is 37.8 Å². The van der Waals surface area contributed by atoms with Crippen LogP contribution in [-0.4, -0.2) is 42.6 Å². The average Bonchev–Trinajstić information content (AvgIpc) is 2.59. The van der Waals surface area contributed by atoms with E-state index in [0.29, 0.717) is 19.8 Å². The van der Waals surface area contributed by atoms with Crippen LogP contribution in [0.15, 0.2) is 0 Å². The summed E-state index contributed by atoms with van der Waals surface area (Å²) in [7, 11) is -5.04. The molecule has 0 saturated heterocycles. The van der Waals surface area contributed by atoms with E-state index in [0.717, 1.165) is 57.2 Å². The summed E-state index contributed by atoms with van der Waals surface area (Å²) < 4.78 is 26.1. The molecule has 0 rings (SSSR count). The second kappa shape index (κ2) is 14.4. The van der Waals surface area contributed by atoms with Gasteiger partial charge in [0.05, 0.1) is 0 Å². The van der Waals surface area contributed by atoms with Crippen LogP contribution in [0.25, 0.3) is 0 Å². The Labute approximate surface area is 152 Å². The predicted molar refractivity (Wildman–Crippen MR) is 107 cm³/mol. The Morgan fingerprint density at radius 2 is 0.792 bits per heavy atom. The topological polar surface area (TPSA) is 36.9 Å². The summed E-state index contributed by atoms with van der Waals surface area (Å²) in [5, 5.41) is 0. The van der Waals surface area contributed by atoms with Crippen molar-refractivity contribution in [3.8, 4) is 0 Å². The van der Waals surface area contributed by atoms with Gasteiger partial charge in [-0.2, -0.15) is 0 Å². The average molecular weight is 379 g/mol. The van der Waals surface area contributed by atoms with Crippen molar-refractivity contribution in [1.82, 2.24) is 0 Å². The van der Waals surface area contributed by atoms with Crippen LogP contribution in [0.4, 0.5) is 0 Å². The SMILES string of the molecule is CCCO[Si](CCC)(CCC)[Si](OCCC)(OCCC)OCCC. The summed E-state index contributed by atoms with van der Waals surface area (Å²) >= 11 is 0. The summed E-state index contributed by atoms with van der Waals surface area (Å²) in [6.07, 6.45) is 6.18. The molecule has 146 valence electrons. The zero-order valence-corrected chi connectivity index (χ0v) is 19.1. The molecule has 0 aromatic carbocycles. The molecule has 0 aromatic heterocycles. The normalized spacial score (nSPS) is 12.8. The monoisotopic (exact) mass is 378 g/mol. The van der Waals surface area contributed by atoms with E-state index in [1.54, 1.807) is 0 Å². The number of hydrogen-bond donors (Lipinski definition) is 0. The van der Waals surface area contributed by atoms with Crippen LogP contribution in [0.3, 0.4) is 0 Å². The molecule has 4 nitrogen and oxygen atoms in total. The number of rotatable bonds is 17. The third-order valence-electron chi connectivity index (χ3n) is 3.94. The van der Waals surface area contributed by atoms with Crippen LogP contribution in [0.1, 0.15) is 80.1 Å². The van der Waals surface area contributed by atoms with Crippen molar-refractivity contribution in [3.63, 3.8) is 0 Å². The van der Waals surface area contributed by atoms with Crippen molar-refractivity contribution in [2.75, 3.05) is 26.4 Å². The van der Waals surface area contributed by atoms with Crippen molar-refractivity contribution in [3.05, 3.63) is 0 Å². The lowest BCUT2D eigenvalue weighted by molar-refractivity contribution is 0.0689. The van der Waals surface area contributed by atoms with E-state index < -0.39 is 16.2 Å². The quantitative estimate of drug-likeness (QED) is 0.314. The van der Waals surface area contributed by atoms with Gasteiger partial charge in [0.2, 0.25) is 0 Å². The molecule has 0 aliphatic carbocycles. The fraction of sp³-hybridized carbons (Fsp3) is 1.00. The molecule has 0 N–H and O–H groups in total. The van der Waals surface area contributed by atoms with Gasteiger partial charge in [-0.3, -0.25) is 0 Å². The summed E-state index contributed by atoms with van der Waals surface area (Å²) in [6, 6.07) is 2.15. The first-order valence-corrected chi connectivity index (χ1v) is 15.2. The van der Waals surface area contributed by atoms with E-state index in [9.17, 15) is 0 Å². The second-order valence-corrected chi connectivity index (χ2v) is 16.3. The maximum Gasteiger partial charge on any atom is 0.503 e. The first kappa shape index (κ1) is 24.3. The Morgan fingerprint density at radius 3 is 1.08 bits per heavy atom. The molecular weight excluding hydrogens is 336 g/mol. The summed E-state index contributed by atoms with van der Waals surface area (Å²) in [6.45, 7) is 16.0. The third kappa shape index (κ3) is 7.26. The Hall–Kier alpha value is 0.274. The second-order valence-electron chi connectivity index (χ2n) is 6.44. The zero-order valence-electron chi connectivity index (χ0n) is 17.1.